The third-order valence-electron chi connectivity index (χ3n) is 6.32. The molecule has 0 unspecified atom stereocenters. The molecule has 10 heteroatoms. The summed E-state index contributed by atoms with van der Waals surface area (Å²) in [5.41, 5.74) is 3.26. The minimum Gasteiger partial charge on any atom is -0.477 e. The fraction of sp³-hybridized carbons (Fsp3) is 0.200. The number of aromatic nitrogens is 3. The quantitative estimate of drug-likeness (QED) is 0.408. The molecule has 0 spiro atoms. The van der Waals surface area contributed by atoms with Gasteiger partial charge in [0.2, 0.25) is 5.43 Å². The predicted molar refractivity (Wildman–Crippen MR) is 129 cm³/mol. The van der Waals surface area contributed by atoms with Crippen LogP contribution in [-0.2, 0) is 13.5 Å². The van der Waals surface area contributed by atoms with Crippen LogP contribution in [0, 0.1) is 11.6 Å². The van der Waals surface area contributed by atoms with Gasteiger partial charge in [0.05, 0.1) is 16.8 Å². The van der Waals surface area contributed by atoms with Gasteiger partial charge in [-0.1, -0.05) is 0 Å². The number of carbonyl (C=O) groups is 1. The highest BCUT2D eigenvalue weighted by Crippen LogP contribution is 2.49. The summed E-state index contributed by atoms with van der Waals surface area (Å²) in [5, 5.41) is 12.5. The van der Waals surface area contributed by atoms with E-state index in [1.54, 1.807) is 51.6 Å². The number of aromatic carboxylic acids is 1. The minimum atomic E-state index is -1.33. The van der Waals surface area contributed by atoms with Crippen molar-refractivity contribution in [2.75, 3.05) is 31.4 Å². The minimum absolute atomic E-state index is 0.130. The fourth-order valence-corrected chi connectivity index (χ4v) is 4.77. The van der Waals surface area contributed by atoms with Crippen LogP contribution in [0.4, 0.5) is 20.2 Å². The molecule has 0 fully saturated rings. The van der Waals surface area contributed by atoms with Crippen molar-refractivity contribution < 1.29 is 18.7 Å². The van der Waals surface area contributed by atoms with E-state index in [0.717, 1.165) is 6.07 Å². The summed E-state index contributed by atoms with van der Waals surface area (Å²) in [6.07, 6.45) is 4.73. The van der Waals surface area contributed by atoms with Gasteiger partial charge >= 0.3 is 5.97 Å². The van der Waals surface area contributed by atoms with Crippen LogP contribution in [0.25, 0.3) is 33.3 Å². The van der Waals surface area contributed by atoms with Gasteiger partial charge in [-0.25, -0.2) is 18.6 Å². The molecule has 1 aliphatic carbocycles. The molecule has 0 amide bonds. The summed E-state index contributed by atoms with van der Waals surface area (Å²) in [7, 11) is 6.82. The molecule has 1 aromatic carbocycles. The van der Waals surface area contributed by atoms with Crippen molar-refractivity contribution in [2.45, 2.75) is 6.42 Å². The lowest BCUT2D eigenvalue weighted by Gasteiger charge is -2.22. The Labute approximate surface area is 198 Å². The number of nitrogens with zero attached hydrogens (tertiary/aromatic N) is 4. The number of carboxylic acids is 1. The zero-order valence-corrected chi connectivity index (χ0v) is 19.4. The molecule has 3 aromatic heterocycles. The molecule has 1 aliphatic rings. The molecule has 0 aliphatic heterocycles. The van der Waals surface area contributed by atoms with Gasteiger partial charge in [0.25, 0.3) is 0 Å². The van der Waals surface area contributed by atoms with Crippen LogP contribution in [-0.4, -0.2) is 46.8 Å². The van der Waals surface area contributed by atoms with Crippen LogP contribution >= 0.6 is 0 Å². The van der Waals surface area contributed by atoms with Crippen LogP contribution in [0.1, 0.15) is 21.6 Å². The topological polar surface area (TPSA) is 100 Å². The van der Waals surface area contributed by atoms with Gasteiger partial charge in [-0.3, -0.25) is 9.78 Å². The summed E-state index contributed by atoms with van der Waals surface area (Å²) in [4.78, 5) is 35.2. The molecule has 8 nitrogen and oxygen atoms in total. The Hall–Kier alpha value is -4.34. The second-order valence-corrected chi connectivity index (χ2v) is 8.62. The molecule has 178 valence electrons. The van der Waals surface area contributed by atoms with Crippen molar-refractivity contribution in [3.8, 4) is 22.3 Å². The van der Waals surface area contributed by atoms with Crippen molar-refractivity contribution in [1.82, 2.24) is 14.5 Å². The normalized spacial score (nSPS) is 11.9. The number of fused-ring (bicyclic) bond motifs is 4. The van der Waals surface area contributed by atoms with Crippen molar-refractivity contribution in [2.24, 2.45) is 7.05 Å². The predicted octanol–water partition coefficient (Wildman–Crippen LogP) is 3.65. The van der Waals surface area contributed by atoms with Gasteiger partial charge < -0.3 is 19.9 Å². The van der Waals surface area contributed by atoms with Crippen LogP contribution in [0.15, 0.2) is 35.5 Å². The van der Waals surface area contributed by atoms with Gasteiger partial charge in [-0.2, -0.15) is 0 Å². The van der Waals surface area contributed by atoms with E-state index in [2.05, 4.69) is 15.3 Å². The van der Waals surface area contributed by atoms with E-state index in [0.29, 0.717) is 51.4 Å². The highest BCUT2D eigenvalue weighted by atomic mass is 19.2. The largest absolute Gasteiger partial charge is 0.477 e. The first-order valence-electron chi connectivity index (χ1n) is 10.7. The number of halogens is 2. The molecule has 0 radical (unpaired) electrons. The molecule has 4 aromatic rings. The number of hydrogen-bond donors (Lipinski definition) is 2. The number of benzene rings is 1. The fourth-order valence-electron chi connectivity index (χ4n) is 4.77. The smallest absolute Gasteiger partial charge is 0.341 e. The zero-order valence-electron chi connectivity index (χ0n) is 19.4. The standard InChI is InChI=1S/C25H21F2N5O3/c1-28-17-7-16(26)21(27)19-12(17)6-18-20(19)22(31(2)3)14(9-29-18)11-5-13-23(33)15(25(34)35)10-32(4)24(13)30-8-11/h5,7-10,28H,6H2,1-4H3,(H,34,35). The Kier molecular flexibility index (Phi) is 5.04. The summed E-state index contributed by atoms with van der Waals surface area (Å²) in [6.45, 7) is 0. The number of aryl methyl sites for hydroxylation is 1. The van der Waals surface area contributed by atoms with E-state index >= 15 is 4.39 Å². The Balaban J connectivity index is 1.82. The second kappa shape index (κ2) is 7.86. The molecule has 0 bridgehead atoms. The first kappa shape index (κ1) is 22.5. The van der Waals surface area contributed by atoms with Gasteiger partial charge in [0.15, 0.2) is 11.6 Å². The molecule has 0 saturated carbocycles. The van der Waals surface area contributed by atoms with Crippen LogP contribution in [0.5, 0.6) is 0 Å². The highest BCUT2D eigenvalue weighted by Gasteiger charge is 2.32. The van der Waals surface area contributed by atoms with Crippen molar-refractivity contribution in [3.05, 3.63) is 69.4 Å². The lowest BCUT2D eigenvalue weighted by atomic mass is 9.97. The molecule has 35 heavy (non-hydrogen) atoms. The van der Waals surface area contributed by atoms with Gasteiger partial charge in [0, 0.05) is 87.2 Å². The highest BCUT2D eigenvalue weighted by molar-refractivity contribution is 5.98. The molecule has 3 heterocycles. The zero-order chi connectivity index (χ0) is 25.2. The van der Waals surface area contributed by atoms with Crippen LogP contribution in [0.3, 0.4) is 0 Å². The molecule has 2 N–H and O–H groups in total. The van der Waals surface area contributed by atoms with Gasteiger partial charge in [-0.15, -0.1) is 0 Å². The third-order valence-corrected chi connectivity index (χ3v) is 6.32. The number of rotatable bonds is 4. The van der Waals surface area contributed by atoms with Crippen molar-refractivity contribution in [3.63, 3.8) is 0 Å². The number of nitrogens with one attached hydrogen (secondary N) is 1. The average molecular weight is 477 g/mol. The summed E-state index contributed by atoms with van der Waals surface area (Å²) >= 11 is 0. The first-order chi connectivity index (χ1) is 16.6. The number of carboxylic acid groups (broad SMARTS) is 1. The van der Waals surface area contributed by atoms with Crippen LogP contribution in [0.2, 0.25) is 0 Å². The van der Waals surface area contributed by atoms with E-state index in [9.17, 15) is 19.1 Å². The van der Waals surface area contributed by atoms with E-state index in [1.165, 1.54) is 10.8 Å². The summed E-state index contributed by atoms with van der Waals surface area (Å²) < 4.78 is 31.1. The van der Waals surface area contributed by atoms with E-state index < -0.39 is 23.0 Å². The Morgan fingerprint density at radius 2 is 1.91 bits per heavy atom. The van der Waals surface area contributed by atoms with Crippen molar-refractivity contribution >= 4 is 28.4 Å². The summed E-state index contributed by atoms with van der Waals surface area (Å²) in [6, 6.07) is 2.70. The Morgan fingerprint density at radius 1 is 1.17 bits per heavy atom. The summed E-state index contributed by atoms with van der Waals surface area (Å²) in [5.74, 6) is -3.25. The van der Waals surface area contributed by atoms with Gasteiger partial charge in [0.1, 0.15) is 11.2 Å². The lowest BCUT2D eigenvalue weighted by molar-refractivity contribution is 0.0695. The van der Waals surface area contributed by atoms with E-state index in [4.69, 9.17) is 0 Å². The first-order valence-corrected chi connectivity index (χ1v) is 10.7. The Bertz CT molecular complexity index is 1630. The maximum Gasteiger partial charge on any atom is 0.341 e. The molecular formula is C25H21F2N5O3. The maximum atomic E-state index is 15.1. The Morgan fingerprint density at radius 3 is 2.57 bits per heavy atom. The molecule has 0 saturated heterocycles. The average Bonchev–Trinajstić information content (AvgIpc) is 3.22. The third kappa shape index (κ3) is 3.24. The molecular weight excluding hydrogens is 456 g/mol. The number of hydrogen-bond acceptors (Lipinski definition) is 6. The SMILES string of the molecule is CNc1cc(F)c(F)c2c1Cc1ncc(-c3cnc4c(c3)c(=O)c(C(=O)O)cn4C)c(N(C)C)c1-2. The van der Waals surface area contributed by atoms with Gasteiger partial charge in [-0.05, 0) is 11.6 Å². The number of pyridine rings is 3. The van der Waals surface area contributed by atoms with Crippen LogP contribution < -0.4 is 15.6 Å². The van der Waals surface area contributed by atoms with E-state index in [-0.39, 0.29) is 16.5 Å². The monoisotopic (exact) mass is 477 g/mol. The second-order valence-electron chi connectivity index (χ2n) is 8.62. The van der Waals surface area contributed by atoms with Crippen molar-refractivity contribution in [1.29, 1.82) is 0 Å². The maximum absolute atomic E-state index is 15.1. The molecule has 5 rings (SSSR count). The lowest BCUT2D eigenvalue weighted by Crippen LogP contribution is -2.18. The number of anilines is 2. The molecule has 0 atom stereocenters. The van der Waals surface area contributed by atoms with E-state index in [1.807, 2.05) is 0 Å².